The molecule has 2 aromatic rings. The summed E-state index contributed by atoms with van der Waals surface area (Å²) in [7, 11) is 3.20. The number of ether oxygens (including phenoxy) is 2. The molecule has 6 heteroatoms. The molecular formula is C15H14BrFINO2. The summed E-state index contributed by atoms with van der Waals surface area (Å²) in [6.07, 6.45) is 0. The van der Waals surface area contributed by atoms with Gasteiger partial charge in [-0.05, 0) is 74.4 Å². The van der Waals surface area contributed by atoms with Crippen molar-refractivity contribution in [3.8, 4) is 11.5 Å². The fraction of sp³-hybridized carbons (Fsp3) is 0.200. The van der Waals surface area contributed by atoms with Crippen molar-refractivity contribution in [2.24, 2.45) is 0 Å². The minimum atomic E-state index is -0.237. The minimum Gasteiger partial charge on any atom is -0.493 e. The molecule has 0 fully saturated rings. The summed E-state index contributed by atoms with van der Waals surface area (Å²) in [5, 5.41) is 3.28. The van der Waals surface area contributed by atoms with E-state index < -0.39 is 0 Å². The monoisotopic (exact) mass is 465 g/mol. The van der Waals surface area contributed by atoms with Gasteiger partial charge in [0.25, 0.3) is 0 Å². The zero-order chi connectivity index (χ0) is 15.4. The lowest BCUT2D eigenvalue weighted by molar-refractivity contribution is 0.352. The van der Waals surface area contributed by atoms with Crippen molar-refractivity contribution in [1.29, 1.82) is 0 Å². The molecule has 0 spiro atoms. The van der Waals surface area contributed by atoms with Crippen LogP contribution in [0, 0.1) is 9.39 Å². The quantitative estimate of drug-likeness (QED) is 0.642. The normalized spacial score (nSPS) is 10.3. The van der Waals surface area contributed by atoms with Crippen LogP contribution in [-0.4, -0.2) is 14.2 Å². The Morgan fingerprint density at radius 1 is 1.19 bits per heavy atom. The van der Waals surface area contributed by atoms with E-state index >= 15 is 0 Å². The van der Waals surface area contributed by atoms with Crippen LogP contribution in [0.2, 0.25) is 0 Å². The maximum Gasteiger partial charge on any atom is 0.174 e. The molecule has 0 aromatic heterocycles. The summed E-state index contributed by atoms with van der Waals surface area (Å²) in [4.78, 5) is 0. The maximum absolute atomic E-state index is 13.1. The van der Waals surface area contributed by atoms with Crippen LogP contribution in [0.1, 0.15) is 5.56 Å². The molecule has 0 aliphatic heterocycles. The summed E-state index contributed by atoms with van der Waals surface area (Å²) in [5.41, 5.74) is 1.92. The number of benzene rings is 2. The van der Waals surface area contributed by atoms with Crippen LogP contribution in [0.4, 0.5) is 10.1 Å². The van der Waals surface area contributed by atoms with Gasteiger partial charge in [-0.1, -0.05) is 0 Å². The van der Waals surface area contributed by atoms with Crippen molar-refractivity contribution in [3.63, 3.8) is 0 Å². The molecule has 2 aromatic carbocycles. The van der Waals surface area contributed by atoms with Crippen LogP contribution < -0.4 is 14.8 Å². The molecule has 0 atom stereocenters. The molecular weight excluding hydrogens is 452 g/mol. The van der Waals surface area contributed by atoms with Crippen molar-refractivity contribution in [1.82, 2.24) is 0 Å². The fourth-order valence-corrected chi connectivity index (χ4v) is 3.22. The van der Waals surface area contributed by atoms with E-state index in [1.54, 1.807) is 20.3 Å². The number of methoxy groups -OCH3 is 2. The SMILES string of the molecule is COc1cc(CNc2ccc(F)cc2I)cc(Br)c1OC. The largest absolute Gasteiger partial charge is 0.493 e. The van der Waals surface area contributed by atoms with Crippen LogP contribution >= 0.6 is 38.5 Å². The van der Waals surface area contributed by atoms with Gasteiger partial charge in [0.15, 0.2) is 11.5 Å². The fourth-order valence-electron chi connectivity index (χ4n) is 1.90. The Morgan fingerprint density at radius 2 is 1.95 bits per heavy atom. The molecule has 3 nitrogen and oxygen atoms in total. The van der Waals surface area contributed by atoms with Gasteiger partial charge in [0, 0.05) is 15.8 Å². The summed E-state index contributed by atoms with van der Waals surface area (Å²) in [6.45, 7) is 0.598. The third kappa shape index (κ3) is 4.00. The smallest absolute Gasteiger partial charge is 0.174 e. The van der Waals surface area contributed by atoms with Crippen LogP contribution in [0.25, 0.3) is 0 Å². The molecule has 0 saturated heterocycles. The average Bonchev–Trinajstić information content (AvgIpc) is 2.45. The number of hydrogen-bond acceptors (Lipinski definition) is 3. The van der Waals surface area contributed by atoms with Gasteiger partial charge in [-0.25, -0.2) is 4.39 Å². The molecule has 0 radical (unpaired) electrons. The highest BCUT2D eigenvalue weighted by Gasteiger charge is 2.10. The first kappa shape index (κ1) is 16.4. The number of rotatable bonds is 5. The van der Waals surface area contributed by atoms with Crippen LogP contribution in [0.15, 0.2) is 34.8 Å². The molecule has 21 heavy (non-hydrogen) atoms. The van der Waals surface area contributed by atoms with Crippen molar-refractivity contribution in [2.45, 2.75) is 6.54 Å². The van der Waals surface area contributed by atoms with Gasteiger partial charge >= 0.3 is 0 Å². The van der Waals surface area contributed by atoms with Crippen molar-refractivity contribution >= 4 is 44.2 Å². The van der Waals surface area contributed by atoms with Crippen LogP contribution in [0.5, 0.6) is 11.5 Å². The summed E-state index contributed by atoms with van der Waals surface area (Å²) in [6, 6.07) is 8.53. The van der Waals surface area contributed by atoms with E-state index in [4.69, 9.17) is 9.47 Å². The van der Waals surface area contributed by atoms with Gasteiger partial charge in [-0.15, -0.1) is 0 Å². The highest BCUT2D eigenvalue weighted by atomic mass is 127. The topological polar surface area (TPSA) is 30.5 Å². The van der Waals surface area contributed by atoms with Gasteiger partial charge in [0.1, 0.15) is 5.82 Å². The number of anilines is 1. The third-order valence-electron chi connectivity index (χ3n) is 2.91. The van der Waals surface area contributed by atoms with E-state index in [0.29, 0.717) is 18.0 Å². The van der Waals surface area contributed by atoms with Crippen LogP contribution in [-0.2, 0) is 6.54 Å². The zero-order valence-corrected chi connectivity index (χ0v) is 15.3. The Labute approximate surface area is 145 Å². The standard InChI is InChI=1S/C15H14BrFINO2/c1-20-14-6-9(5-11(16)15(14)21-2)8-19-13-4-3-10(17)7-12(13)18/h3-7,19H,8H2,1-2H3. The Hall–Kier alpha value is -1.02. The molecule has 112 valence electrons. The lowest BCUT2D eigenvalue weighted by Gasteiger charge is -2.13. The van der Waals surface area contributed by atoms with Gasteiger partial charge in [0.05, 0.1) is 18.7 Å². The summed E-state index contributed by atoms with van der Waals surface area (Å²) in [5.74, 6) is 1.09. The average molecular weight is 466 g/mol. The first-order chi connectivity index (χ1) is 10.0. The van der Waals surface area contributed by atoms with E-state index in [1.165, 1.54) is 12.1 Å². The van der Waals surface area contributed by atoms with Crippen molar-refractivity contribution < 1.29 is 13.9 Å². The molecule has 0 aliphatic rings. The summed E-state index contributed by atoms with van der Waals surface area (Å²) < 4.78 is 25.3. The molecule has 2 rings (SSSR count). The maximum atomic E-state index is 13.1. The first-order valence-electron chi connectivity index (χ1n) is 6.14. The van der Waals surface area contributed by atoms with E-state index in [-0.39, 0.29) is 5.82 Å². The molecule has 0 amide bonds. The van der Waals surface area contributed by atoms with Gasteiger partial charge < -0.3 is 14.8 Å². The van der Waals surface area contributed by atoms with Crippen molar-refractivity contribution in [2.75, 3.05) is 19.5 Å². The Balaban J connectivity index is 2.18. The molecule has 0 aliphatic carbocycles. The predicted octanol–water partition coefficient (Wildman–Crippen LogP) is 4.82. The molecule has 0 bridgehead atoms. The number of hydrogen-bond donors (Lipinski definition) is 1. The lowest BCUT2D eigenvalue weighted by Crippen LogP contribution is -2.02. The van der Waals surface area contributed by atoms with Crippen LogP contribution in [0.3, 0.4) is 0 Å². The predicted molar refractivity (Wildman–Crippen MR) is 93.7 cm³/mol. The highest BCUT2D eigenvalue weighted by Crippen LogP contribution is 2.36. The Morgan fingerprint density at radius 3 is 2.57 bits per heavy atom. The Bertz CT molecular complexity index is 652. The van der Waals surface area contributed by atoms with E-state index in [2.05, 4.69) is 43.8 Å². The van der Waals surface area contributed by atoms with E-state index in [1.807, 2.05) is 12.1 Å². The van der Waals surface area contributed by atoms with Gasteiger partial charge in [-0.2, -0.15) is 0 Å². The Kier molecular flexibility index (Phi) is 5.69. The number of nitrogens with one attached hydrogen (secondary N) is 1. The lowest BCUT2D eigenvalue weighted by atomic mass is 10.2. The molecule has 1 N–H and O–H groups in total. The molecule has 0 saturated carbocycles. The van der Waals surface area contributed by atoms with E-state index in [0.717, 1.165) is 19.3 Å². The number of halogens is 3. The van der Waals surface area contributed by atoms with E-state index in [9.17, 15) is 4.39 Å². The minimum absolute atomic E-state index is 0.237. The molecule has 0 heterocycles. The van der Waals surface area contributed by atoms with Gasteiger partial charge in [0.2, 0.25) is 0 Å². The second-order valence-electron chi connectivity index (χ2n) is 4.29. The zero-order valence-electron chi connectivity index (χ0n) is 11.5. The highest BCUT2D eigenvalue weighted by molar-refractivity contribution is 14.1. The third-order valence-corrected chi connectivity index (χ3v) is 4.39. The summed E-state index contributed by atoms with van der Waals surface area (Å²) >= 11 is 5.57. The van der Waals surface area contributed by atoms with Gasteiger partial charge in [-0.3, -0.25) is 0 Å². The first-order valence-corrected chi connectivity index (χ1v) is 8.01. The second-order valence-corrected chi connectivity index (χ2v) is 6.31. The van der Waals surface area contributed by atoms with Crippen molar-refractivity contribution in [3.05, 3.63) is 49.8 Å². The molecule has 0 unspecified atom stereocenters. The second kappa shape index (κ2) is 7.31.